The number of esters is 1. The largest absolute Gasteiger partial charge is 0.467 e. The van der Waals surface area contributed by atoms with Crippen molar-refractivity contribution in [2.45, 2.75) is 18.4 Å². The molecule has 2 amide bonds. The van der Waals surface area contributed by atoms with Gasteiger partial charge in [0.05, 0.1) is 13.7 Å². The van der Waals surface area contributed by atoms with E-state index in [1.165, 1.54) is 7.11 Å². The Balaban J connectivity index is 2.43. The van der Waals surface area contributed by atoms with Gasteiger partial charge in [-0.05, 0) is 12.6 Å². The van der Waals surface area contributed by atoms with Crippen LogP contribution < -0.4 is 5.32 Å². The highest BCUT2D eigenvalue weighted by Gasteiger charge is 2.45. The lowest BCUT2D eigenvalue weighted by Crippen LogP contribution is -2.56. The quantitative estimate of drug-likeness (QED) is 0.628. The number of ether oxygens (including phenoxy) is 1. The van der Waals surface area contributed by atoms with Crippen LogP contribution in [0.25, 0.3) is 0 Å². The van der Waals surface area contributed by atoms with Crippen LogP contribution in [0.1, 0.15) is 18.4 Å². The van der Waals surface area contributed by atoms with Gasteiger partial charge in [0.15, 0.2) is 5.54 Å². The van der Waals surface area contributed by atoms with Crippen molar-refractivity contribution in [2.75, 3.05) is 20.7 Å². The Bertz CT molecular complexity index is 542. The zero-order valence-corrected chi connectivity index (χ0v) is 12.1. The number of hydrogen-bond donors (Lipinski definition) is 1. The summed E-state index contributed by atoms with van der Waals surface area (Å²) in [6.45, 7) is -0.0716. The van der Waals surface area contributed by atoms with E-state index in [1.54, 1.807) is 31.3 Å². The summed E-state index contributed by atoms with van der Waals surface area (Å²) < 4.78 is 4.89. The zero-order chi connectivity index (χ0) is 15.5. The van der Waals surface area contributed by atoms with Crippen LogP contribution in [0, 0.1) is 0 Å². The zero-order valence-electron chi connectivity index (χ0n) is 12.1. The van der Waals surface area contributed by atoms with Gasteiger partial charge in [-0.15, -0.1) is 0 Å². The molecule has 0 aromatic heterocycles. The van der Waals surface area contributed by atoms with Gasteiger partial charge in [-0.25, -0.2) is 4.79 Å². The normalized spacial score (nSPS) is 17.7. The van der Waals surface area contributed by atoms with Crippen molar-refractivity contribution in [1.82, 2.24) is 10.2 Å². The van der Waals surface area contributed by atoms with Crippen molar-refractivity contribution < 1.29 is 19.1 Å². The Labute approximate surface area is 123 Å². The molecule has 1 saturated heterocycles. The fraction of sp³-hybridized carbons (Fsp3) is 0.400. The first-order valence-corrected chi connectivity index (χ1v) is 6.71. The molecule has 0 bridgehead atoms. The first-order valence-electron chi connectivity index (χ1n) is 6.71. The van der Waals surface area contributed by atoms with E-state index < -0.39 is 11.5 Å². The summed E-state index contributed by atoms with van der Waals surface area (Å²) in [6.07, 6.45) is 0.378. The summed E-state index contributed by atoms with van der Waals surface area (Å²) in [4.78, 5) is 37.1. The lowest BCUT2D eigenvalue weighted by molar-refractivity contribution is -0.152. The van der Waals surface area contributed by atoms with Crippen molar-refractivity contribution in [1.29, 1.82) is 0 Å². The third kappa shape index (κ3) is 2.67. The van der Waals surface area contributed by atoms with Gasteiger partial charge in [0.1, 0.15) is 0 Å². The van der Waals surface area contributed by atoms with E-state index in [0.29, 0.717) is 5.56 Å². The van der Waals surface area contributed by atoms with E-state index in [4.69, 9.17) is 4.74 Å². The van der Waals surface area contributed by atoms with Crippen molar-refractivity contribution in [3.8, 4) is 0 Å². The molecule has 1 aromatic rings. The Hall–Kier alpha value is -2.21. The molecule has 1 heterocycles. The first-order chi connectivity index (χ1) is 10.0. The number of likely N-dealkylation sites (tertiary alicyclic amines) is 1. The molecule has 1 aliphatic heterocycles. The lowest BCUT2D eigenvalue weighted by Gasteiger charge is -2.34. The number of likely N-dealkylation sites (N-methyl/N-ethyl adjacent to an activating group) is 1. The van der Waals surface area contributed by atoms with E-state index in [-0.39, 0.29) is 31.2 Å². The van der Waals surface area contributed by atoms with Crippen molar-refractivity contribution in [2.24, 2.45) is 0 Å². The molecule has 1 N–H and O–H groups in total. The fourth-order valence-electron chi connectivity index (χ4n) is 2.53. The molecule has 1 atom stereocenters. The predicted octanol–water partition coefficient (Wildman–Crippen LogP) is 0.423. The number of carbonyl (C=O) groups is 3. The van der Waals surface area contributed by atoms with Gasteiger partial charge in [-0.1, -0.05) is 30.3 Å². The number of imide groups is 1. The highest BCUT2D eigenvalue weighted by molar-refractivity contribution is 6.02. The molecule has 1 fully saturated rings. The summed E-state index contributed by atoms with van der Waals surface area (Å²) in [7, 11) is 2.89. The molecule has 6 heteroatoms. The number of nitrogens with zero attached hydrogens (tertiary/aromatic N) is 1. The molecule has 2 rings (SSSR count). The van der Waals surface area contributed by atoms with Gasteiger partial charge in [-0.3, -0.25) is 19.8 Å². The van der Waals surface area contributed by atoms with E-state index in [9.17, 15) is 14.4 Å². The van der Waals surface area contributed by atoms with E-state index in [0.717, 1.165) is 4.90 Å². The van der Waals surface area contributed by atoms with Gasteiger partial charge in [-0.2, -0.15) is 0 Å². The molecule has 0 spiro atoms. The molecule has 21 heavy (non-hydrogen) atoms. The van der Waals surface area contributed by atoms with Crippen LogP contribution in [0.3, 0.4) is 0 Å². The second-order valence-electron chi connectivity index (χ2n) is 4.89. The molecule has 1 unspecified atom stereocenters. The molecular formula is C15H18N2O4. The average Bonchev–Trinajstić information content (AvgIpc) is 2.84. The number of hydrogen-bond acceptors (Lipinski definition) is 5. The minimum absolute atomic E-state index is 0.0716. The number of nitrogens with one attached hydrogen (secondary N) is 1. The SMILES string of the molecule is CNC(CN1C(=O)CCC1=O)(C(=O)OC)c1ccccc1. The van der Waals surface area contributed by atoms with E-state index in [2.05, 4.69) is 5.32 Å². The number of amides is 2. The van der Waals surface area contributed by atoms with Crippen LogP contribution >= 0.6 is 0 Å². The molecule has 0 radical (unpaired) electrons. The Morgan fingerprint density at radius 1 is 1.24 bits per heavy atom. The summed E-state index contributed by atoms with van der Waals surface area (Å²) in [5, 5.41) is 2.93. The van der Waals surface area contributed by atoms with E-state index in [1.807, 2.05) is 6.07 Å². The van der Waals surface area contributed by atoms with Crippen LogP contribution in [0.2, 0.25) is 0 Å². The van der Waals surface area contributed by atoms with Crippen molar-refractivity contribution in [3.63, 3.8) is 0 Å². The number of benzene rings is 1. The molecule has 1 aliphatic rings. The molecular weight excluding hydrogens is 272 g/mol. The van der Waals surface area contributed by atoms with Gasteiger partial charge in [0.2, 0.25) is 11.8 Å². The Morgan fingerprint density at radius 3 is 2.29 bits per heavy atom. The standard InChI is InChI=1S/C15H18N2O4/c1-16-15(14(20)21-2,11-6-4-3-5-7-11)10-17-12(18)8-9-13(17)19/h3-7,16H,8-10H2,1-2H3. The third-order valence-electron chi connectivity index (χ3n) is 3.78. The second-order valence-corrected chi connectivity index (χ2v) is 4.89. The Morgan fingerprint density at radius 2 is 1.81 bits per heavy atom. The molecule has 0 aliphatic carbocycles. The van der Waals surface area contributed by atoms with Crippen molar-refractivity contribution in [3.05, 3.63) is 35.9 Å². The summed E-state index contributed by atoms with van der Waals surface area (Å²) in [5.74, 6) is -1.07. The van der Waals surface area contributed by atoms with E-state index >= 15 is 0 Å². The second kappa shape index (κ2) is 6.05. The molecule has 1 aromatic carbocycles. The van der Waals surface area contributed by atoms with Crippen LogP contribution in [-0.4, -0.2) is 43.4 Å². The smallest absolute Gasteiger partial charge is 0.332 e. The maximum absolute atomic E-state index is 12.3. The van der Waals surface area contributed by atoms with Crippen LogP contribution in [0.15, 0.2) is 30.3 Å². The van der Waals surface area contributed by atoms with Gasteiger partial charge < -0.3 is 4.74 Å². The average molecular weight is 290 g/mol. The van der Waals surface area contributed by atoms with Crippen LogP contribution in [-0.2, 0) is 24.7 Å². The van der Waals surface area contributed by atoms with Gasteiger partial charge in [0, 0.05) is 12.8 Å². The molecule has 6 nitrogen and oxygen atoms in total. The third-order valence-corrected chi connectivity index (χ3v) is 3.78. The lowest BCUT2D eigenvalue weighted by atomic mass is 9.89. The topological polar surface area (TPSA) is 75.7 Å². The predicted molar refractivity (Wildman–Crippen MR) is 75.1 cm³/mol. The number of rotatable bonds is 5. The Kier molecular flexibility index (Phi) is 4.37. The number of methoxy groups -OCH3 is 1. The first kappa shape index (κ1) is 15.2. The monoisotopic (exact) mass is 290 g/mol. The van der Waals surface area contributed by atoms with Gasteiger partial charge in [0.25, 0.3) is 0 Å². The van der Waals surface area contributed by atoms with Gasteiger partial charge >= 0.3 is 5.97 Å². The molecule has 0 saturated carbocycles. The fourth-order valence-corrected chi connectivity index (χ4v) is 2.53. The van der Waals surface area contributed by atoms with Crippen LogP contribution in [0.5, 0.6) is 0 Å². The minimum atomic E-state index is -1.26. The summed E-state index contributed by atoms with van der Waals surface area (Å²) >= 11 is 0. The maximum atomic E-state index is 12.3. The highest BCUT2D eigenvalue weighted by atomic mass is 16.5. The summed E-state index contributed by atoms with van der Waals surface area (Å²) in [5.41, 5.74) is -0.613. The maximum Gasteiger partial charge on any atom is 0.332 e. The van der Waals surface area contributed by atoms with Crippen molar-refractivity contribution >= 4 is 17.8 Å². The minimum Gasteiger partial charge on any atom is -0.467 e. The number of carbonyl (C=O) groups excluding carboxylic acids is 3. The summed E-state index contributed by atoms with van der Waals surface area (Å²) in [6, 6.07) is 8.93. The highest BCUT2D eigenvalue weighted by Crippen LogP contribution is 2.26. The molecule has 112 valence electrons. The van der Waals surface area contributed by atoms with Crippen LogP contribution in [0.4, 0.5) is 0 Å².